The number of nitrogens with one attached hydrogen (secondary N) is 1. The summed E-state index contributed by atoms with van der Waals surface area (Å²) in [5.74, 6) is 1.61. The van der Waals surface area contributed by atoms with Crippen molar-refractivity contribution in [3.05, 3.63) is 33.8 Å². The molecule has 0 spiro atoms. The quantitative estimate of drug-likeness (QED) is 0.867. The van der Waals surface area contributed by atoms with Crippen molar-refractivity contribution in [2.45, 2.75) is 40.7 Å². The first kappa shape index (κ1) is 14.1. The molecule has 0 unspecified atom stereocenters. The lowest BCUT2D eigenvalue weighted by atomic mass is 10.2. The molecule has 0 saturated carbocycles. The topological polar surface area (TPSA) is 29.9 Å². The standard InChI is InChI=1S/C15H23N3S/c1-5-13-6-7-19-14(13)10-18-9-12(4)17-15(18)16-8-11(2)3/h6-7,9,11H,5,8,10H2,1-4H3,(H,16,17). The Bertz CT molecular complexity index is 525. The Morgan fingerprint density at radius 1 is 1.42 bits per heavy atom. The van der Waals surface area contributed by atoms with Crippen molar-refractivity contribution in [1.29, 1.82) is 0 Å². The normalized spacial score (nSPS) is 11.2. The highest BCUT2D eigenvalue weighted by atomic mass is 32.1. The number of anilines is 1. The minimum atomic E-state index is 0.624. The molecule has 0 aliphatic rings. The van der Waals surface area contributed by atoms with Crippen LogP contribution in [0.15, 0.2) is 17.6 Å². The molecule has 1 N–H and O–H groups in total. The van der Waals surface area contributed by atoms with Gasteiger partial charge in [0.15, 0.2) is 0 Å². The fourth-order valence-corrected chi connectivity index (χ4v) is 3.05. The van der Waals surface area contributed by atoms with Crippen molar-refractivity contribution in [3.63, 3.8) is 0 Å². The maximum Gasteiger partial charge on any atom is 0.203 e. The van der Waals surface area contributed by atoms with Gasteiger partial charge in [-0.1, -0.05) is 20.8 Å². The van der Waals surface area contributed by atoms with E-state index in [2.05, 4.69) is 53.3 Å². The van der Waals surface area contributed by atoms with Crippen molar-refractivity contribution < 1.29 is 0 Å². The summed E-state index contributed by atoms with van der Waals surface area (Å²) in [6, 6.07) is 2.23. The first-order valence-corrected chi connectivity index (χ1v) is 7.81. The van der Waals surface area contributed by atoms with E-state index in [0.29, 0.717) is 5.92 Å². The van der Waals surface area contributed by atoms with Gasteiger partial charge in [0.25, 0.3) is 0 Å². The minimum absolute atomic E-state index is 0.624. The lowest BCUT2D eigenvalue weighted by Crippen LogP contribution is -2.13. The van der Waals surface area contributed by atoms with Crippen molar-refractivity contribution in [1.82, 2.24) is 9.55 Å². The Kier molecular flexibility index (Phi) is 4.64. The Balaban J connectivity index is 2.15. The average molecular weight is 277 g/mol. The van der Waals surface area contributed by atoms with E-state index in [1.165, 1.54) is 10.4 Å². The van der Waals surface area contributed by atoms with Crippen molar-refractivity contribution in [2.75, 3.05) is 11.9 Å². The lowest BCUT2D eigenvalue weighted by Gasteiger charge is -2.11. The van der Waals surface area contributed by atoms with Gasteiger partial charge in [0.2, 0.25) is 5.95 Å². The van der Waals surface area contributed by atoms with E-state index < -0.39 is 0 Å². The van der Waals surface area contributed by atoms with E-state index in [9.17, 15) is 0 Å². The van der Waals surface area contributed by atoms with E-state index in [0.717, 1.165) is 31.2 Å². The molecule has 0 saturated heterocycles. The molecule has 0 amide bonds. The fourth-order valence-electron chi connectivity index (χ4n) is 2.08. The number of aromatic nitrogens is 2. The fraction of sp³-hybridized carbons (Fsp3) is 0.533. The van der Waals surface area contributed by atoms with E-state index in [4.69, 9.17) is 0 Å². The molecule has 0 radical (unpaired) electrons. The van der Waals surface area contributed by atoms with Crippen LogP contribution in [0.4, 0.5) is 5.95 Å². The van der Waals surface area contributed by atoms with Crippen LogP contribution in [0.5, 0.6) is 0 Å². The molecule has 0 aliphatic heterocycles. The smallest absolute Gasteiger partial charge is 0.203 e. The summed E-state index contributed by atoms with van der Waals surface area (Å²) in [6.45, 7) is 10.6. The van der Waals surface area contributed by atoms with Crippen molar-refractivity contribution in [2.24, 2.45) is 5.92 Å². The molecule has 4 heteroatoms. The molecule has 2 heterocycles. The van der Waals surface area contributed by atoms with E-state index in [-0.39, 0.29) is 0 Å². The third-order valence-corrected chi connectivity index (χ3v) is 4.05. The van der Waals surface area contributed by atoms with Crippen LogP contribution in [0.3, 0.4) is 0 Å². The van der Waals surface area contributed by atoms with Crippen LogP contribution in [-0.2, 0) is 13.0 Å². The first-order chi connectivity index (χ1) is 9.10. The van der Waals surface area contributed by atoms with Gasteiger partial charge in [0, 0.05) is 17.6 Å². The second-order valence-corrected chi connectivity index (χ2v) is 6.33. The van der Waals surface area contributed by atoms with E-state index in [1.54, 1.807) is 0 Å². The number of nitrogens with zero attached hydrogens (tertiary/aromatic N) is 2. The molecular weight excluding hydrogens is 254 g/mol. The third kappa shape index (κ3) is 3.60. The highest BCUT2D eigenvalue weighted by Gasteiger charge is 2.09. The molecule has 0 atom stereocenters. The summed E-state index contributed by atoms with van der Waals surface area (Å²) in [5, 5.41) is 5.62. The minimum Gasteiger partial charge on any atom is -0.355 e. The first-order valence-electron chi connectivity index (χ1n) is 6.93. The van der Waals surface area contributed by atoms with Gasteiger partial charge in [-0.3, -0.25) is 0 Å². The van der Waals surface area contributed by atoms with Gasteiger partial charge in [-0.05, 0) is 36.3 Å². The van der Waals surface area contributed by atoms with Crippen molar-refractivity contribution >= 4 is 17.3 Å². The molecule has 3 nitrogen and oxygen atoms in total. The monoisotopic (exact) mass is 277 g/mol. The second-order valence-electron chi connectivity index (χ2n) is 5.33. The lowest BCUT2D eigenvalue weighted by molar-refractivity contribution is 0.676. The molecule has 0 bridgehead atoms. The average Bonchev–Trinajstić information content (AvgIpc) is 2.93. The van der Waals surface area contributed by atoms with Crippen LogP contribution >= 0.6 is 11.3 Å². The third-order valence-electron chi connectivity index (χ3n) is 3.10. The highest BCUT2D eigenvalue weighted by molar-refractivity contribution is 7.10. The van der Waals surface area contributed by atoms with Crippen LogP contribution in [0.2, 0.25) is 0 Å². The maximum atomic E-state index is 4.58. The van der Waals surface area contributed by atoms with Gasteiger partial charge in [-0.2, -0.15) is 0 Å². The molecule has 0 fully saturated rings. The molecule has 0 aromatic carbocycles. The van der Waals surface area contributed by atoms with Gasteiger partial charge in [0.05, 0.1) is 12.2 Å². The van der Waals surface area contributed by atoms with Crippen LogP contribution in [0.1, 0.15) is 36.9 Å². The SMILES string of the molecule is CCc1ccsc1Cn1cc(C)nc1NCC(C)C. The Morgan fingerprint density at radius 2 is 2.21 bits per heavy atom. The van der Waals surface area contributed by atoms with Gasteiger partial charge < -0.3 is 9.88 Å². The van der Waals surface area contributed by atoms with Crippen LogP contribution in [0, 0.1) is 12.8 Å². The summed E-state index contributed by atoms with van der Waals surface area (Å²) >= 11 is 1.83. The van der Waals surface area contributed by atoms with E-state index >= 15 is 0 Å². The molecule has 104 valence electrons. The van der Waals surface area contributed by atoms with Gasteiger partial charge >= 0.3 is 0 Å². The van der Waals surface area contributed by atoms with Crippen LogP contribution in [0.25, 0.3) is 0 Å². The number of imidazole rings is 1. The summed E-state index contributed by atoms with van der Waals surface area (Å²) in [7, 11) is 0. The maximum absolute atomic E-state index is 4.58. The second kappa shape index (κ2) is 6.24. The van der Waals surface area contributed by atoms with Gasteiger partial charge in [-0.25, -0.2) is 4.98 Å². The number of aryl methyl sites for hydroxylation is 2. The molecule has 2 rings (SSSR count). The summed E-state index contributed by atoms with van der Waals surface area (Å²) < 4.78 is 2.22. The Hall–Kier alpha value is -1.29. The number of hydrogen-bond acceptors (Lipinski definition) is 3. The zero-order valence-corrected chi connectivity index (χ0v) is 13.0. The number of hydrogen-bond donors (Lipinski definition) is 1. The summed E-state index contributed by atoms with van der Waals surface area (Å²) in [6.07, 6.45) is 3.23. The molecule has 0 aliphatic carbocycles. The largest absolute Gasteiger partial charge is 0.355 e. The van der Waals surface area contributed by atoms with Crippen LogP contribution < -0.4 is 5.32 Å². The van der Waals surface area contributed by atoms with Crippen LogP contribution in [-0.4, -0.2) is 16.1 Å². The number of thiophene rings is 1. The zero-order chi connectivity index (χ0) is 13.8. The number of rotatable bonds is 6. The van der Waals surface area contributed by atoms with E-state index in [1.807, 2.05) is 18.3 Å². The van der Waals surface area contributed by atoms with Gasteiger partial charge in [0.1, 0.15) is 0 Å². The van der Waals surface area contributed by atoms with Gasteiger partial charge in [-0.15, -0.1) is 11.3 Å². The summed E-state index contributed by atoms with van der Waals surface area (Å²) in [4.78, 5) is 6.01. The Morgan fingerprint density at radius 3 is 2.89 bits per heavy atom. The predicted octanol–water partition coefficient (Wildman–Crippen LogP) is 3.93. The molecule has 2 aromatic heterocycles. The van der Waals surface area contributed by atoms with Crippen molar-refractivity contribution in [3.8, 4) is 0 Å². The highest BCUT2D eigenvalue weighted by Crippen LogP contribution is 2.21. The predicted molar refractivity (Wildman–Crippen MR) is 83.1 cm³/mol. The summed E-state index contributed by atoms with van der Waals surface area (Å²) in [5.41, 5.74) is 2.52. The Labute approximate surface area is 119 Å². The zero-order valence-electron chi connectivity index (χ0n) is 12.2. The molecule has 2 aromatic rings. The molecule has 19 heavy (non-hydrogen) atoms. The molecular formula is C15H23N3S.